The fraction of sp³-hybridized carbons (Fsp3) is 0.490. The van der Waals surface area contributed by atoms with Gasteiger partial charge in [0.2, 0.25) is 0 Å². The Hall–Kier alpha value is -4.98. The summed E-state index contributed by atoms with van der Waals surface area (Å²) in [5.74, 6) is -0.236. The van der Waals surface area contributed by atoms with Crippen LogP contribution in [0.3, 0.4) is 0 Å². The number of carbonyl (C=O) groups is 2. The van der Waals surface area contributed by atoms with E-state index in [4.69, 9.17) is 9.47 Å². The van der Waals surface area contributed by atoms with Gasteiger partial charge < -0.3 is 29.9 Å². The Morgan fingerprint density at radius 2 is 0.695 bits per heavy atom. The maximum atomic E-state index is 13.7. The van der Waals surface area contributed by atoms with Crippen molar-refractivity contribution >= 4 is 11.9 Å². The van der Waals surface area contributed by atoms with E-state index in [1.807, 2.05) is 145 Å². The predicted molar refractivity (Wildman–Crippen MR) is 236 cm³/mol. The van der Waals surface area contributed by atoms with Crippen LogP contribution in [0.15, 0.2) is 72.8 Å². The zero-order chi connectivity index (χ0) is 44.5. The van der Waals surface area contributed by atoms with E-state index >= 15 is 0 Å². The number of aromatic hydroxyl groups is 4. The SMILES string of the molecule is CC(C)(C)c1ccc(C(C)(CC(=O)OCCCOC(=O)CC(C)(c2ccc(O)c(C(C)(C)C)c2)c2ccc(O)c(C(C)(C)C)c2)c2ccc(O)c(C(C)(C)C)c2)cc1O. The lowest BCUT2D eigenvalue weighted by Crippen LogP contribution is -2.30. The van der Waals surface area contributed by atoms with Crippen molar-refractivity contribution in [2.45, 2.75) is 149 Å². The summed E-state index contributed by atoms with van der Waals surface area (Å²) in [5, 5.41) is 43.4. The summed E-state index contributed by atoms with van der Waals surface area (Å²) in [7, 11) is 0. The molecule has 0 radical (unpaired) electrons. The minimum absolute atomic E-state index is 0.0160. The molecule has 4 aromatic rings. The van der Waals surface area contributed by atoms with Gasteiger partial charge in [0.15, 0.2) is 0 Å². The number of rotatable bonds is 12. The minimum Gasteiger partial charge on any atom is -0.508 e. The van der Waals surface area contributed by atoms with Crippen LogP contribution in [0.2, 0.25) is 0 Å². The summed E-state index contributed by atoms with van der Waals surface area (Å²) in [6.45, 7) is 28.2. The largest absolute Gasteiger partial charge is 0.508 e. The molecule has 0 aliphatic rings. The van der Waals surface area contributed by atoms with E-state index in [9.17, 15) is 30.0 Å². The molecule has 0 spiro atoms. The summed E-state index contributed by atoms with van der Waals surface area (Å²) in [6, 6.07) is 21.8. The molecule has 320 valence electrons. The van der Waals surface area contributed by atoms with Crippen LogP contribution in [-0.4, -0.2) is 45.6 Å². The summed E-state index contributed by atoms with van der Waals surface area (Å²) >= 11 is 0. The number of hydrogen-bond donors (Lipinski definition) is 4. The first-order valence-corrected chi connectivity index (χ1v) is 20.7. The van der Waals surface area contributed by atoms with Crippen LogP contribution < -0.4 is 0 Å². The standard InChI is InChI=1S/C51H68O8/c1-46(2,3)36-20-16-35(29-43(36)55)51(14,34-19-23-42(54)39(28-34)49(10,11)12)31-45(57)59-25-15-24-58-44(56)30-50(13,32-17-21-40(52)37(26-32)47(4,5)6)33-18-22-41(53)38(27-33)48(7,8)9/h16-23,26-29,52-55H,15,24-25,30-31H2,1-14H3. The number of hydrogen-bond acceptors (Lipinski definition) is 8. The van der Waals surface area contributed by atoms with Gasteiger partial charge in [-0.1, -0.05) is 145 Å². The molecule has 0 fully saturated rings. The number of esters is 2. The van der Waals surface area contributed by atoms with Crippen molar-refractivity contribution in [3.8, 4) is 23.0 Å². The molecule has 0 amide bonds. The fourth-order valence-corrected chi connectivity index (χ4v) is 7.80. The lowest BCUT2D eigenvalue weighted by atomic mass is 9.70. The third-order valence-electron chi connectivity index (χ3n) is 11.6. The molecular formula is C51H68O8. The topological polar surface area (TPSA) is 134 Å². The second-order valence-corrected chi connectivity index (χ2v) is 20.7. The lowest BCUT2D eigenvalue weighted by molar-refractivity contribution is -0.147. The van der Waals surface area contributed by atoms with Crippen LogP contribution in [0.5, 0.6) is 23.0 Å². The van der Waals surface area contributed by atoms with Crippen molar-refractivity contribution in [2.24, 2.45) is 0 Å². The molecule has 0 heterocycles. The highest BCUT2D eigenvalue weighted by Crippen LogP contribution is 2.45. The van der Waals surface area contributed by atoms with Crippen molar-refractivity contribution in [1.82, 2.24) is 0 Å². The molecule has 4 rings (SSSR count). The predicted octanol–water partition coefficient (Wildman–Crippen LogP) is 11.3. The molecule has 1 atom stereocenters. The molecule has 8 nitrogen and oxygen atoms in total. The zero-order valence-corrected chi connectivity index (χ0v) is 37.9. The Kier molecular flexibility index (Phi) is 13.4. The van der Waals surface area contributed by atoms with Gasteiger partial charge in [-0.05, 0) is 90.4 Å². The van der Waals surface area contributed by atoms with Gasteiger partial charge in [-0.2, -0.15) is 0 Å². The number of phenolic OH excluding ortho intramolecular Hbond substituents is 4. The van der Waals surface area contributed by atoms with E-state index in [0.717, 1.165) is 44.5 Å². The quantitative estimate of drug-likeness (QED) is 0.0821. The average Bonchev–Trinajstić information content (AvgIpc) is 3.09. The first kappa shape index (κ1) is 46.7. The lowest BCUT2D eigenvalue weighted by Gasteiger charge is -2.33. The van der Waals surface area contributed by atoms with Crippen molar-refractivity contribution in [2.75, 3.05) is 13.2 Å². The van der Waals surface area contributed by atoms with E-state index in [1.54, 1.807) is 24.3 Å². The maximum absolute atomic E-state index is 13.7. The second-order valence-electron chi connectivity index (χ2n) is 20.7. The van der Waals surface area contributed by atoms with Gasteiger partial charge in [-0.15, -0.1) is 0 Å². The zero-order valence-electron chi connectivity index (χ0n) is 37.9. The number of benzene rings is 4. The van der Waals surface area contributed by atoms with Crippen molar-refractivity contribution in [3.63, 3.8) is 0 Å². The van der Waals surface area contributed by atoms with Crippen LogP contribution in [-0.2, 0) is 51.6 Å². The van der Waals surface area contributed by atoms with E-state index in [-0.39, 0.29) is 77.1 Å². The van der Waals surface area contributed by atoms with Gasteiger partial charge in [-0.3, -0.25) is 9.59 Å². The van der Waals surface area contributed by atoms with Gasteiger partial charge in [0.25, 0.3) is 0 Å². The second kappa shape index (κ2) is 16.9. The van der Waals surface area contributed by atoms with E-state index in [2.05, 4.69) is 0 Å². The Morgan fingerprint density at radius 1 is 0.407 bits per heavy atom. The Bertz CT molecular complexity index is 2090. The molecule has 0 aliphatic carbocycles. The first-order chi connectivity index (χ1) is 27.0. The van der Waals surface area contributed by atoms with E-state index in [0.29, 0.717) is 0 Å². The summed E-state index contributed by atoms with van der Waals surface area (Å²) < 4.78 is 11.5. The Morgan fingerprint density at radius 3 is 0.983 bits per heavy atom. The van der Waals surface area contributed by atoms with Crippen LogP contribution >= 0.6 is 0 Å². The van der Waals surface area contributed by atoms with E-state index in [1.165, 1.54) is 0 Å². The highest BCUT2D eigenvalue weighted by atomic mass is 16.5. The normalized spacial score (nSPS) is 13.8. The van der Waals surface area contributed by atoms with Gasteiger partial charge >= 0.3 is 11.9 Å². The summed E-state index contributed by atoms with van der Waals surface area (Å²) in [4.78, 5) is 27.3. The smallest absolute Gasteiger partial charge is 0.307 e. The molecule has 4 N–H and O–H groups in total. The Balaban J connectivity index is 1.53. The van der Waals surface area contributed by atoms with Gasteiger partial charge in [0.05, 0.1) is 26.1 Å². The molecule has 8 heteroatoms. The fourth-order valence-electron chi connectivity index (χ4n) is 7.80. The Labute approximate surface area is 352 Å². The highest BCUT2D eigenvalue weighted by molar-refractivity contribution is 5.74. The van der Waals surface area contributed by atoms with Gasteiger partial charge in [0, 0.05) is 17.3 Å². The molecule has 0 saturated carbocycles. The molecule has 0 aromatic heterocycles. The van der Waals surface area contributed by atoms with Crippen molar-refractivity contribution in [3.05, 3.63) is 117 Å². The molecule has 1 unspecified atom stereocenters. The third kappa shape index (κ3) is 10.8. The van der Waals surface area contributed by atoms with Crippen molar-refractivity contribution < 1.29 is 39.5 Å². The van der Waals surface area contributed by atoms with Gasteiger partial charge in [0.1, 0.15) is 23.0 Å². The van der Waals surface area contributed by atoms with Crippen LogP contribution in [0.25, 0.3) is 0 Å². The molecule has 4 aromatic carbocycles. The summed E-state index contributed by atoms with van der Waals surface area (Å²) in [5.41, 5.74) is 3.02. The molecule has 59 heavy (non-hydrogen) atoms. The average molecular weight is 809 g/mol. The molecule has 0 saturated heterocycles. The number of carbonyl (C=O) groups excluding carboxylic acids is 2. The summed E-state index contributed by atoms with van der Waals surface area (Å²) in [6.07, 6.45) is 0.220. The van der Waals surface area contributed by atoms with Crippen LogP contribution in [0.4, 0.5) is 0 Å². The maximum Gasteiger partial charge on any atom is 0.307 e. The first-order valence-electron chi connectivity index (χ1n) is 20.7. The van der Waals surface area contributed by atoms with Crippen LogP contribution in [0.1, 0.15) is 161 Å². The van der Waals surface area contributed by atoms with Crippen molar-refractivity contribution in [1.29, 1.82) is 0 Å². The van der Waals surface area contributed by atoms with Gasteiger partial charge in [-0.25, -0.2) is 0 Å². The molecular weight excluding hydrogens is 741 g/mol. The highest BCUT2D eigenvalue weighted by Gasteiger charge is 2.37. The molecule has 0 bridgehead atoms. The molecule has 0 aliphatic heterocycles. The minimum atomic E-state index is -0.919. The monoisotopic (exact) mass is 808 g/mol. The number of ether oxygens (including phenoxy) is 2. The van der Waals surface area contributed by atoms with E-state index < -0.39 is 22.8 Å². The van der Waals surface area contributed by atoms with Crippen LogP contribution in [0, 0.1) is 0 Å². The number of phenols is 4. The third-order valence-corrected chi connectivity index (χ3v) is 11.6.